The Morgan fingerprint density at radius 2 is 1.72 bits per heavy atom. The molecule has 92 valence electrons. The fourth-order valence-corrected chi connectivity index (χ4v) is 1.67. The van der Waals surface area contributed by atoms with Crippen molar-refractivity contribution in [3.63, 3.8) is 0 Å². The topological polar surface area (TPSA) is 35.3 Å². The number of hydroxylamine groups is 1. The van der Waals surface area contributed by atoms with Crippen molar-refractivity contribution in [2.45, 2.75) is 6.54 Å². The first-order chi connectivity index (χ1) is 8.78. The van der Waals surface area contributed by atoms with Gasteiger partial charge in [-0.15, -0.1) is 0 Å². The highest BCUT2D eigenvalue weighted by molar-refractivity contribution is 5.75. The average molecular weight is 241 g/mol. The van der Waals surface area contributed by atoms with E-state index in [0.29, 0.717) is 6.54 Å². The van der Waals surface area contributed by atoms with Crippen molar-refractivity contribution in [2.24, 2.45) is 0 Å². The second-order valence-electron chi connectivity index (χ2n) is 3.96. The number of nitrogens with zero attached hydrogens (tertiary/aromatic N) is 1. The minimum Gasteiger partial charge on any atom is -0.624 e. The lowest BCUT2D eigenvalue weighted by atomic mass is 10.2. The van der Waals surface area contributed by atoms with Gasteiger partial charge in [-0.05, 0) is 24.3 Å². The summed E-state index contributed by atoms with van der Waals surface area (Å²) in [7, 11) is 1.62. The molecule has 2 aromatic carbocycles. The predicted molar refractivity (Wildman–Crippen MR) is 71.9 cm³/mol. The van der Waals surface area contributed by atoms with Crippen molar-refractivity contribution in [2.75, 3.05) is 7.11 Å². The normalized spacial score (nSPS) is 11.3. The molecule has 2 rings (SSSR count). The van der Waals surface area contributed by atoms with Gasteiger partial charge in [-0.25, -0.2) is 4.74 Å². The van der Waals surface area contributed by atoms with E-state index in [1.165, 1.54) is 0 Å². The summed E-state index contributed by atoms with van der Waals surface area (Å²) in [6.07, 6.45) is 1.58. The third-order valence-electron chi connectivity index (χ3n) is 2.59. The van der Waals surface area contributed by atoms with Crippen LogP contribution in [0.3, 0.4) is 0 Å². The second-order valence-corrected chi connectivity index (χ2v) is 3.96. The lowest BCUT2D eigenvalue weighted by Gasteiger charge is -2.04. The Bertz CT molecular complexity index is 518. The second kappa shape index (κ2) is 5.87. The molecule has 0 unspecified atom stereocenters. The molecule has 0 saturated carbocycles. The maximum Gasteiger partial charge on any atom is 0.182 e. The Labute approximate surface area is 107 Å². The van der Waals surface area contributed by atoms with Gasteiger partial charge < -0.3 is 9.94 Å². The zero-order valence-corrected chi connectivity index (χ0v) is 10.2. The zero-order chi connectivity index (χ0) is 12.8. The highest BCUT2D eigenvalue weighted by Crippen LogP contribution is 2.10. The third-order valence-corrected chi connectivity index (χ3v) is 2.59. The molecule has 0 aliphatic heterocycles. The molecule has 3 nitrogen and oxygen atoms in total. The monoisotopic (exact) mass is 241 g/mol. The fourth-order valence-electron chi connectivity index (χ4n) is 1.67. The maximum absolute atomic E-state index is 11.8. The first-order valence-electron chi connectivity index (χ1n) is 5.74. The van der Waals surface area contributed by atoms with Gasteiger partial charge in [-0.1, -0.05) is 30.3 Å². The Kier molecular flexibility index (Phi) is 3.97. The van der Waals surface area contributed by atoms with E-state index in [1.54, 1.807) is 13.3 Å². The van der Waals surface area contributed by atoms with Gasteiger partial charge >= 0.3 is 0 Å². The molecular weight excluding hydrogens is 226 g/mol. The van der Waals surface area contributed by atoms with Crippen LogP contribution < -0.4 is 4.74 Å². The Morgan fingerprint density at radius 1 is 1.06 bits per heavy atom. The van der Waals surface area contributed by atoms with Gasteiger partial charge in [-0.3, -0.25) is 0 Å². The molecule has 3 heteroatoms. The van der Waals surface area contributed by atoms with E-state index in [4.69, 9.17) is 4.74 Å². The maximum atomic E-state index is 11.8. The molecule has 0 aromatic heterocycles. The summed E-state index contributed by atoms with van der Waals surface area (Å²) >= 11 is 0. The van der Waals surface area contributed by atoms with Crippen molar-refractivity contribution < 1.29 is 9.48 Å². The Hall–Kier alpha value is -2.29. The van der Waals surface area contributed by atoms with Crippen molar-refractivity contribution in [3.8, 4) is 5.75 Å². The molecular formula is C15H15NO2. The lowest BCUT2D eigenvalue weighted by molar-refractivity contribution is -0.469. The van der Waals surface area contributed by atoms with Gasteiger partial charge in [0.05, 0.1) is 7.11 Å². The van der Waals surface area contributed by atoms with E-state index >= 15 is 0 Å². The fraction of sp³-hybridized carbons (Fsp3) is 0.133. The van der Waals surface area contributed by atoms with Crippen LogP contribution in [0.1, 0.15) is 11.1 Å². The average Bonchev–Trinajstić information content (AvgIpc) is 2.40. The summed E-state index contributed by atoms with van der Waals surface area (Å²) in [5, 5.41) is 11.8. The Morgan fingerprint density at radius 3 is 2.33 bits per heavy atom. The molecule has 0 atom stereocenters. The third kappa shape index (κ3) is 3.35. The van der Waals surface area contributed by atoms with Crippen LogP contribution in [0.25, 0.3) is 0 Å². The SMILES string of the molecule is COc1ccc(C=[N+]([O-])Cc2ccccc2)cc1. The molecule has 0 bridgehead atoms. The van der Waals surface area contributed by atoms with Crippen molar-refractivity contribution in [3.05, 3.63) is 70.9 Å². The van der Waals surface area contributed by atoms with E-state index in [9.17, 15) is 5.21 Å². The van der Waals surface area contributed by atoms with Crippen LogP contribution in [-0.4, -0.2) is 18.1 Å². The van der Waals surface area contributed by atoms with Crippen molar-refractivity contribution in [1.29, 1.82) is 0 Å². The summed E-state index contributed by atoms with van der Waals surface area (Å²) in [5.41, 5.74) is 1.86. The molecule has 0 heterocycles. The zero-order valence-electron chi connectivity index (χ0n) is 10.2. The number of benzene rings is 2. The minimum absolute atomic E-state index is 0.354. The van der Waals surface area contributed by atoms with Crippen LogP contribution in [0, 0.1) is 5.21 Å². The van der Waals surface area contributed by atoms with Crippen LogP contribution in [0.5, 0.6) is 5.75 Å². The molecule has 0 amide bonds. The van der Waals surface area contributed by atoms with Gasteiger partial charge in [0, 0.05) is 11.1 Å². The standard InChI is InChI=1S/C15H15NO2/c1-18-15-9-7-14(8-10-15)12-16(17)11-13-5-3-2-4-6-13/h2-10,12H,11H2,1H3. The molecule has 0 N–H and O–H groups in total. The molecule has 0 fully saturated rings. The van der Waals surface area contributed by atoms with E-state index < -0.39 is 0 Å². The minimum atomic E-state index is 0.354. The first kappa shape index (κ1) is 12.2. The molecule has 0 radical (unpaired) electrons. The largest absolute Gasteiger partial charge is 0.624 e. The molecule has 0 aliphatic rings. The van der Waals surface area contributed by atoms with E-state index in [-0.39, 0.29) is 0 Å². The van der Waals surface area contributed by atoms with Gasteiger partial charge in [0.15, 0.2) is 12.8 Å². The van der Waals surface area contributed by atoms with Crippen molar-refractivity contribution >= 4 is 6.21 Å². The number of hydrogen-bond acceptors (Lipinski definition) is 2. The van der Waals surface area contributed by atoms with Gasteiger partial charge in [0.1, 0.15) is 5.75 Å². The lowest BCUT2D eigenvalue weighted by Crippen LogP contribution is -2.05. The number of rotatable bonds is 4. The number of ether oxygens (including phenoxy) is 1. The quantitative estimate of drug-likeness (QED) is 0.357. The summed E-state index contributed by atoms with van der Waals surface area (Å²) in [5.74, 6) is 0.785. The van der Waals surface area contributed by atoms with E-state index in [1.807, 2.05) is 54.6 Å². The van der Waals surface area contributed by atoms with Crippen molar-refractivity contribution in [1.82, 2.24) is 0 Å². The van der Waals surface area contributed by atoms with E-state index in [0.717, 1.165) is 21.6 Å². The molecule has 0 aliphatic carbocycles. The molecule has 0 saturated heterocycles. The van der Waals surface area contributed by atoms with E-state index in [2.05, 4.69) is 0 Å². The summed E-state index contributed by atoms with van der Waals surface area (Å²) < 4.78 is 5.99. The van der Waals surface area contributed by atoms with Crippen LogP contribution in [0.2, 0.25) is 0 Å². The van der Waals surface area contributed by atoms with Gasteiger partial charge in [0.2, 0.25) is 0 Å². The molecule has 0 spiro atoms. The van der Waals surface area contributed by atoms with Gasteiger partial charge in [-0.2, -0.15) is 0 Å². The van der Waals surface area contributed by atoms with Crippen LogP contribution >= 0.6 is 0 Å². The van der Waals surface area contributed by atoms with Gasteiger partial charge in [0.25, 0.3) is 0 Å². The first-order valence-corrected chi connectivity index (χ1v) is 5.74. The van der Waals surface area contributed by atoms with Crippen LogP contribution in [-0.2, 0) is 6.54 Å². The van der Waals surface area contributed by atoms with Crippen LogP contribution in [0.4, 0.5) is 0 Å². The summed E-state index contributed by atoms with van der Waals surface area (Å²) in [6, 6.07) is 17.0. The highest BCUT2D eigenvalue weighted by atomic mass is 16.5. The Balaban J connectivity index is 2.07. The summed E-state index contributed by atoms with van der Waals surface area (Å²) in [4.78, 5) is 0. The van der Waals surface area contributed by atoms with Crippen LogP contribution in [0.15, 0.2) is 54.6 Å². The highest BCUT2D eigenvalue weighted by Gasteiger charge is 1.99. The molecule has 2 aromatic rings. The molecule has 18 heavy (non-hydrogen) atoms. The number of hydrogen-bond donors (Lipinski definition) is 0. The smallest absolute Gasteiger partial charge is 0.182 e. The summed E-state index contributed by atoms with van der Waals surface area (Å²) in [6.45, 7) is 0.354. The predicted octanol–water partition coefficient (Wildman–Crippen LogP) is 2.82. The number of methoxy groups -OCH3 is 1.